The molecule has 142 valence electrons. The van der Waals surface area contributed by atoms with E-state index in [1.54, 1.807) is 49.6 Å². The van der Waals surface area contributed by atoms with Gasteiger partial charge >= 0.3 is 0 Å². The number of carbonyl (C=O) groups excluding carboxylic acids is 1. The summed E-state index contributed by atoms with van der Waals surface area (Å²) in [5, 5.41) is 4.51. The van der Waals surface area contributed by atoms with Gasteiger partial charge < -0.3 is 14.2 Å². The van der Waals surface area contributed by atoms with E-state index < -0.39 is 0 Å². The quantitative estimate of drug-likeness (QED) is 0.399. The molecule has 0 fully saturated rings. The predicted molar refractivity (Wildman–Crippen MR) is 106 cm³/mol. The molecule has 0 spiro atoms. The minimum Gasteiger partial charge on any atom is -0.496 e. The molecule has 0 aliphatic carbocycles. The minimum atomic E-state index is -0.386. The molecule has 0 radical (unpaired) electrons. The van der Waals surface area contributed by atoms with Crippen LogP contribution < -0.4 is 19.6 Å². The van der Waals surface area contributed by atoms with Gasteiger partial charge in [-0.05, 0) is 43.3 Å². The molecule has 27 heavy (non-hydrogen) atoms. The molecule has 1 N–H and O–H groups in total. The highest BCUT2D eigenvalue weighted by atomic mass is 35.5. The van der Waals surface area contributed by atoms with Crippen LogP contribution in [0.3, 0.4) is 0 Å². The highest BCUT2D eigenvalue weighted by Gasteiger charge is 2.11. The Bertz CT molecular complexity index is 837. The fourth-order valence-electron chi connectivity index (χ4n) is 2.22. The fourth-order valence-corrected chi connectivity index (χ4v) is 2.40. The molecule has 0 atom stereocenters. The number of nitrogens with one attached hydrogen (secondary N) is 1. The normalized spacial score (nSPS) is 10.5. The smallest absolute Gasteiger partial charge is 0.271 e. The molecule has 0 aromatic heterocycles. The van der Waals surface area contributed by atoms with Crippen molar-refractivity contribution in [3.8, 4) is 17.2 Å². The minimum absolute atomic E-state index is 0.345. The second-order valence-electron chi connectivity index (χ2n) is 5.28. The van der Waals surface area contributed by atoms with E-state index in [0.29, 0.717) is 46.6 Å². The SMILES string of the molecule is C=CCOc1ccc(C(=O)N/N=C/c2cc(Cl)ccc2OC)cc1OCC. The molecule has 6 nitrogen and oxygen atoms in total. The van der Waals surface area contributed by atoms with Crippen molar-refractivity contribution in [2.24, 2.45) is 5.10 Å². The second kappa shape index (κ2) is 10.2. The van der Waals surface area contributed by atoms with Crippen LogP contribution in [0.1, 0.15) is 22.8 Å². The molecule has 0 aliphatic heterocycles. The lowest BCUT2D eigenvalue weighted by atomic mass is 10.2. The van der Waals surface area contributed by atoms with E-state index >= 15 is 0 Å². The Morgan fingerprint density at radius 1 is 1.19 bits per heavy atom. The number of rotatable bonds is 9. The standard InChI is InChI=1S/C20H21ClN2O4/c1-4-10-27-18-8-6-14(12-19(18)26-5-2)20(24)23-22-13-15-11-16(21)7-9-17(15)25-3/h4,6-9,11-13H,1,5,10H2,2-3H3,(H,23,24)/b22-13+. The molecule has 2 rings (SSSR count). The van der Waals surface area contributed by atoms with E-state index in [9.17, 15) is 4.79 Å². The molecule has 7 heteroatoms. The molecule has 0 saturated heterocycles. The molecule has 0 saturated carbocycles. The lowest BCUT2D eigenvalue weighted by Gasteiger charge is -2.12. The third-order valence-electron chi connectivity index (χ3n) is 3.42. The maximum atomic E-state index is 12.3. The average Bonchev–Trinajstić information content (AvgIpc) is 2.67. The van der Waals surface area contributed by atoms with Crippen LogP contribution in [-0.2, 0) is 0 Å². The van der Waals surface area contributed by atoms with Gasteiger partial charge in [0.25, 0.3) is 5.91 Å². The van der Waals surface area contributed by atoms with Crippen LogP contribution in [0.4, 0.5) is 0 Å². The molecule has 0 bridgehead atoms. The summed E-state index contributed by atoms with van der Waals surface area (Å²) >= 11 is 5.97. The summed E-state index contributed by atoms with van der Waals surface area (Å²) < 4.78 is 16.3. The number of benzene rings is 2. The number of halogens is 1. The first-order chi connectivity index (χ1) is 13.1. The molecular formula is C20H21ClN2O4. The van der Waals surface area contributed by atoms with Crippen LogP contribution in [0.15, 0.2) is 54.2 Å². The zero-order valence-electron chi connectivity index (χ0n) is 15.2. The van der Waals surface area contributed by atoms with Gasteiger partial charge in [0.1, 0.15) is 12.4 Å². The summed E-state index contributed by atoms with van der Waals surface area (Å²) in [6.45, 7) is 6.26. The van der Waals surface area contributed by atoms with Crippen molar-refractivity contribution in [3.05, 3.63) is 65.2 Å². The van der Waals surface area contributed by atoms with Crippen LogP contribution in [-0.4, -0.2) is 32.4 Å². The van der Waals surface area contributed by atoms with Crippen molar-refractivity contribution in [1.82, 2.24) is 5.43 Å². The van der Waals surface area contributed by atoms with Gasteiger partial charge in [0.2, 0.25) is 0 Å². The highest BCUT2D eigenvalue weighted by molar-refractivity contribution is 6.30. The predicted octanol–water partition coefficient (Wildman–Crippen LogP) is 4.08. The Labute approximate surface area is 163 Å². The number of hydrogen-bond acceptors (Lipinski definition) is 5. The Hall–Kier alpha value is -2.99. The van der Waals surface area contributed by atoms with Gasteiger partial charge in [-0.3, -0.25) is 4.79 Å². The van der Waals surface area contributed by atoms with E-state index in [2.05, 4.69) is 17.1 Å². The van der Waals surface area contributed by atoms with E-state index in [-0.39, 0.29) is 5.91 Å². The number of hydrogen-bond donors (Lipinski definition) is 1. The first-order valence-corrected chi connectivity index (χ1v) is 8.64. The van der Waals surface area contributed by atoms with Crippen LogP contribution in [0.25, 0.3) is 0 Å². The Kier molecular flexibility index (Phi) is 7.70. The Balaban J connectivity index is 2.12. The van der Waals surface area contributed by atoms with Crippen molar-refractivity contribution in [3.63, 3.8) is 0 Å². The third kappa shape index (κ3) is 5.76. The van der Waals surface area contributed by atoms with E-state index in [1.165, 1.54) is 6.21 Å². The number of carbonyl (C=O) groups is 1. The summed E-state index contributed by atoms with van der Waals surface area (Å²) in [6.07, 6.45) is 3.10. The molecule has 0 aliphatic rings. The van der Waals surface area contributed by atoms with Crippen molar-refractivity contribution >= 4 is 23.7 Å². The van der Waals surface area contributed by atoms with E-state index in [0.717, 1.165) is 0 Å². The number of ether oxygens (including phenoxy) is 3. The van der Waals surface area contributed by atoms with Crippen molar-refractivity contribution < 1.29 is 19.0 Å². The Morgan fingerprint density at radius 3 is 2.67 bits per heavy atom. The van der Waals surface area contributed by atoms with Crippen molar-refractivity contribution in [1.29, 1.82) is 0 Å². The van der Waals surface area contributed by atoms with Crippen LogP contribution in [0.2, 0.25) is 5.02 Å². The van der Waals surface area contributed by atoms with Gasteiger partial charge in [0, 0.05) is 16.1 Å². The largest absolute Gasteiger partial charge is 0.496 e. The first kappa shape index (κ1) is 20.3. The van der Waals surface area contributed by atoms with Crippen LogP contribution in [0, 0.1) is 0 Å². The Morgan fingerprint density at radius 2 is 1.96 bits per heavy atom. The monoisotopic (exact) mass is 388 g/mol. The fraction of sp³-hybridized carbons (Fsp3) is 0.200. The highest BCUT2D eigenvalue weighted by Crippen LogP contribution is 2.28. The molecule has 0 heterocycles. The van der Waals surface area contributed by atoms with Gasteiger partial charge in [0.15, 0.2) is 11.5 Å². The van der Waals surface area contributed by atoms with E-state index in [1.807, 2.05) is 6.92 Å². The molecule has 2 aromatic carbocycles. The van der Waals surface area contributed by atoms with Gasteiger partial charge in [-0.25, -0.2) is 5.43 Å². The van der Waals surface area contributed by atoms with E-state index in [4.69, 9.17) is 25.8 Å². The molecule has 1 amide bonds. The summed E-state index contributed by atoms with van der Waals surface area (Å²) in [6, 6.07) is 10.0. The zero-order valence-corrected chi connectivity index (χ0v) is 16.0. The number of amides is 1. The maximum Gasteiger partial charge on any atom is 0.271 e. The van der Waals surface area contributed by atoms with Crippen molar-refractivity contribution in [2.75, 3.05) is 20.3 Å². The first-order valence-electron chi connectivity index (χ1n) is 8.26. The molecule has 0 unspecified atom stereocenters. The zero-order chi connectivity index (χ0) is 19.6. The van der Waals surface area contributed by atoms with Crippen LogP contribution >= 0.6 is 11.6 Å². The second-order valence-corrected chi connectivity index (χ2v) is 5.72. The summed E-state index contributed by atoms with van der Waals surface area (Å²) in [5.74, 6) is 1.23. The average molecular weight is 389 g/mol. The lowest BCUT2D eigenvalue weighted by Crippen LogP contribution is -2.18. The number of nitrogens with zero attached hydrogens (tertiary/aromatic N) is 1. The van der Waals surface area contributed by atoms with Crippen LogP contribution in [0.5, 0.6) is 17.2 Å². The maximum absolute atomic E-state index is 12.3. The van der Waals surface area contributed by atoms with Gasteiger partial charge in [-0.15, -0.1) is 0 Å². The third-order valence-corrected chi connectivity index (χ3v) is 3.66. The summed E-state index contributed by atoms with van der Waals surface area (Å²) in [4.78, 5) is 12.3. The molecule has 2 aromatic rings. The van der Waals surface area contributed by atoms with Gasteiger partial charge in [-0.1, -0.05) is 24.3 Å². The van der Waals surface area contributed by atoms with Gasteiger partial charge in [-0.2, -0.15) is 5.10 Å². The topological polar surface area (TPSA) is 69.2 Å². The lowest BCUT2D eigenvalue weighted by molar-refractivity contribution is 0.0954. The van der Waals surface area contributed by atoms with Crippen molar-refractivity contribution in [2.45, 2.75) is 6.92 Å². The number of methoxy groups -OCH3 is 1. The summed E-state index contributed by atoms with van der Waals surface area (Å²) in [7, 11) is 1.55. The van der Waals surface area contributed by atoms with Gasteiger partial charge in [0.05, 0.1) is 19.9 Å². The number of hydrazone groups is 1. The molecular weight excluding hydrogens is 368 g/mol. The summed E-state index contributed by atoms with van der Waals surface area (Å²) in [5.41, 5.74) is 3.50.